The van der Waals surface area contributed by atoms with Crippen molar-refractivity contribution in [2.24, 2.45) is 0 Å². The van der Waals surface area contributed by atoms with Gasteiger partial charge in [-0.1, -0.05) is 37.3 Å². The first kappa shape index (κ1) is 15.8. The molecule has 1 N–H and O–H groups in total. The standard InChI is InChI=1S/C18H25NO2/c1-3-15(2)19-10-11-20-12-13-21-18-9-8-16-6-4-5-7-17(16)14-18/h4-9,14-15,19H,3,10-13H2,1-2H3/t15-/m0/s1. The van der Waals surface area contributed by atoms with E-state index in [9.17, 15) is 0 Å². The zero-order valence-corrected chi connectivity index (χ0v) is 13.0. The molecule has 0 spiro atoms. The largest absolute Gasteiger partial charge is 0.491 e. The molecule has 2 aromatic carbocycles. The summed E-state index contributed by atoms with van der Waals surface area (Å²) in [6.45, 7) is 7.19. The number of nitrogens with one attached hydrogen (secondary N) is 1. The third kappa shape index (κ3) is 5.37. The van der Waals surface area contributed by atoms with Gasteiger partial charge in [0.2, 0.25) is 0 Å². The van der Waals surface area contributed by atoms with Crippen LogP contribution in [0, 0.1) is 0 Å². The van der Waals surface area contributed by atoms with Crippen molar-refractivity contribution in [1.82, 2.24) is 5.32 Å². The highest BCUT2D eigenvalue weighted by molar-refractivity contribution is 5.83. The van der Waals surface area contributed by atoms with E-state index in [0.717, 1.165) is 25.3 Å². The summed E-state index contributed by atoms with van der Waals surface area (Å²) in [5.41, 5.74) is 0. The molecular weight excluding hydrogens is 262 g/mol. The van der Waals surface area contributed by atoms with Gasteiger partial charge in [-0.3, -0.25) is 0 Å². The lowest BCUT2D eigenvalue weighted by Gasteiger charge is -2.11. The van der Waals surface area contributed by atoms with Gasteiger partial charge in [-0.15, -0.1) is 0 Å². The van der Waals surface area contributed by atoms with Gasteiger partial charge in [-0.05, 0) is 36.2 Å². The van der Waals surface area contributed by atoms with Crippen LogP contribution in [0.3, 0.4) is 0 Å². The molecule has 3 nitrogen and oxygen atoms in total. The van der Waals surface area contributed by atoms with Gasteiger partial charge in [0.1, 0.15) is 12.4 Å². The Hall–Kier alpha value is -1.58. The van der Waals surface area contributed by atoms with Gasteiger partial charge in [0.15, 0.2) is 0 Å². The fourth-order valence-electron chi connectivity index (χ4n) is 2.10. The van der Waals surface area contributed by atoms with E-state index in [1.807, 2.05) is 18.2 Å². The third-order valence-corrected chi connectivity index (χ3v) is 3.57. The lowest BCUT2D eigenvalue weighted by molar-refractivity contribution is 0.101. The summed E-state index contributed by atoms with van der Waals surface area (Å²) in [6.07, 6.45) is 1.14. The maximum atomic E-state index is 5.72. The fourth-order valence-corrected chi connectivity index (χ4v) is 2.10. The highest BCUT2D eigenvalue weighted by Gasteiger charge is 1.98. The van der Waals surface area contributed by atoms with E-state index >= 15 is 0 Å². The Balaban J connectivity index is 1.64. The average molecular weight is 287 g/mol. The van der Waals surface area contributed by atoms with Crippen molar-refractivity contribution in [2.45, 2.75) is 26.3 Å². The summed E-state index contributed by atoms with van der Waals surface area (Å²) in [6, 6.07) is 15.0. The smallest absolute Gasteiger partial charge is 0.120 e. The van der Waals surface area contributed by atoms with Crippen LogP contribution in [-0.4, -0.2) is 32.4 Å². The summed E-state index contributed by atoms with van der Waals surface area (Å²) >= 11 is 0. The molecule has 0 saturated carbocycles. The molecule has 0 radical (unpaired) electrons. The zero-order valence-electron chi connectivity index (χ0n) is 13.0. The lowest BCUT2D eigenvalue weighted by atomic mass is 10.1. The molecule has 0 aromatic heterocycles. The Morgan fingerprint density at radius 1 is 1.00 bits per heavy atom. The van der Waals surface area contributed by atoms with E-state index in [2.05, 4.69) is 43.4 Å². The molecule has 2 aromatic rings. The predicted molar refractivity (Wildman–Crippen MR) is 88.0 cm³/mol. The molecule has 0 aliphatic heterocycles. The van der Waals surface area contributed by atoms with Crippen molar-refractivity contribution in [3.05, 3.63) is 42.5 Å². The third-order valence-electron chi connectivity index (χ3n) is 3.57. The number of rotatable bonds is 9. The van der Waals surface area contributed by atoms with Gasteiger partial charge in [0, 0.05) is 12.6 Å². The topological polar surface area (TPSA) is 30.5 Å². The molecule has 1 atom stereocenters. The lowest BCUT2D eigenvalue weighted by Crippen LogP contribution is -2.29. The summed E-state index contributed by atoms with van der Waals surface area (Å²) in [7, 11) is 0. The van der Waals surface area contributed by atoms with Gasteiger partial charge in [-0.25, -0.2) is 0 Å². The van der Waals surface area contributed by atoms with Crippen LogP contribution in [0.25, 0.3) is 10.8 Å². The minimum Gasteiger partial charge on any atom is -0.491 e. The highest BCUT2D eigenvalue weighted by Crippen LogP contribution is 2.20. The molecule has 0 bridgehead atoms. The number of benzene rings is 2. The quantitative estimate of drug-likeness (QED) is 0.715. The normalized spacial score (nSPS) is 12.5. The van der Waals surface area contributed by atoms with Crippen LogP contribution < -0.4 is 10.1 Å². The van der Waals surface area contributed by atoms with E-state index in [1.165, 1.54) is 10.8 Å². The van der Waals surface area contributed by atoms with Crippen LogP contribution in [0.4, 0.5) is 0 Å². The molecule has 0 aliphatic rings. The van der Waals surface area contributed by atoms with Crippen molar-refractivity contribution in [2.75, 3.05) is 26.4 Å². The van der Waals surface area contributed by atoms with Crippen LogP contribution in [-0.2, 0) is 4.74 Å². The Bertz CT molecular complexity index is 541. The van der Waals surface area contributed by atoms with Crippen molar-refractivity contribution in [3.63, 3.8) is 0 Å². The molecule has 0 aliphatic carbocycles. The van der Waals surface area contributed by atoms with Gasteiger partial charge < -0.3 is 14.8 Å². The maximum absolute atomic E-state index is 5.72. The zero-order chi connectivity index (χ0) is 14.9. The molecule has 0 fully saturated rings. The Labute approximate surface area is 127 Å². The van der Waals surface area contributed by atoms with E-state index in [1.54, 1.807) is 0 Å². The summed E-state index contributed by atoms with van der Waals surface area (Å²) < 4.78 is 11.3. The molecule has 0 heterocycles. The summed E-state index contributed by atoms with van der Waals surface area (Å²) in [5.74, 6) is 0.898. The van der Waals surface area contributed by atoms with Crippen molar-refractivity contribution in [1.29, 1.82) is 0 Å². The van der Waals surface area contributed by atoms with E-state index in [0.29, 0.717) is 19.3 Å². The average Bonchev–Trinajstić information content (AvgIpc) is 2.53. The first-order chi connectivity index (χ1) is 10.3. The second-order valence-electron chi connectivity index (χ2n) is 5.23. The number of fused-ring (bicyclic) bond motifs is 1. The molecule has 0 saturated heterocycles. The summed E-state index contributed by atoms with van der Waals surface area (Å²) in [4.78, 5) is 0. The van der Waals surface area contributed by atoms with E-state index < -0.39 is 0 Å². The van der Waals surface area contributed by atoms with Crippen molar-refractivity contribution in [3.8, 4) is 5.75 Å². The molecule has 21 heavy (non-hydrogen) atoms. The van der Waals surface area contributed by atoms with Gasteiger partial charge >= 0.3 is 0 Å². The van der Waals surface area contributed by atoms with Crippen molar-refractivity contribution < 1.29 is 9.47 Å². The van der Waals surface area contributed by atoms with Crippen LogP contribution >= 0.6 is 0 Å². The Kier molecular flexibility index (Phi) is 6.51. The van der Waals surface area contributed by atoms with Gasteiger partial charge in [-0.2, -0.15) is 0 Å². The van der Waals surface area contributed by atoms with Crippen LogP contribution in [0.1, 0.15) is 20.3 Å². The highest BCUT2D eigenvalue weighted by atomic mass is 16.5. The second-order valence-corrected chi connectivity index (χ2v) is 5.23. The van der Waals surface area contributed by atoms with Crippen LogP contribution in [0.15, 0.2) is 42.5 Å². The molecule has 114 valence electrons. The van der Waals surface area contributed by atoms with Crippen LogP contribution in [0.2, 0.25) is 0 Å². The molecule has 2 rings (SSSR count). The van der Waals surface area contributed by atoms with Crippen molar-refractivity contribution >= 4 is 10.8 Å². The van der Waals surface area contributed by atoms with E-state index in [-0.39, 0.29) is 0 Å². The summed E-state index contributed by atoms with van der Waals surface area (Å²) in [5, 5.41) is 5.83. The number of hydrogen-bond acceptors (Lipinski definition) is 3. The fraction of sp³-hybridized carbons (Fsp3) is 0.444. The minimum atomic E-state index is 0.558. The molecule has 3 heteroatoms. The van der Waals surface area contributed by atoms with Gasteiger partial charge in [0.25, 0.3) is 0 Å². The molecule has 0 unspecified atom stereocenters. The predicted octanol–water partition coefficient (Wildman–Crippen LogP) is 3.62. The van der Waals surface area contributed by atoms with Gasteiger partial charge in [0.05, 0.1) is 13.2 Å². The molecular formula is C18H25NO2. The molecule has 0 amide bonds. The van der Waals surface area contributed by atoms with E-state index in [4.69, 9.17) is 9.47 Å². The van der Waals surface area contributed by atoms with Crippen LogP contribution in [0.5, 0.6) is 5.75 Å². The number of hydrogen-bond donors (Lipinski definition) is 1. The Morgan fingerprint density at radius 3 is 2.62 bits per heavy atom. The second kappa shape index (κ2) is 8.65. The maximum Gasteiger partial charge on any atom is 0.120 e. The number of ether oxygens (including phenoxy) is 2. The Morgan fingerprint density at radius 2 is 1.81 bits per heavy atom. The minimum absolute atomic E-state index is 0.558. The first-order valence-electron chi connectivity index (χ1n) is 7.72. The first-order valence-corrected chi connectivity index (χ1v) is 7.72. The monoisotopic (exact) mass is 287 g/mol. The SMILES string of the molecule is CC[C@H](C)NCCOCCOc1ccc2ccccc2c1.